The second kappa shape index (κ2) is 7.98. The van der Waals surface area contributed by atoms with Crippen LogP contribution in [0.2, 0.25) is 0 Å². The number of hydrogen-bond donors (Lipinski definition) is 2. The molecule has 3 aromatic carbocycles. The first-order chi connectivity index (χ1) is 12.7. The van der Waals surface area contributed by atoms with Crippen molar-refractivity contribution in [2.24, 2.45) is 5.10 Å². The van der Waals surface area contributed by atoms with E-state index in [4.69, 9.17) is 9.84 Å². The van der Waals surface area contributed by atoms with Crippen molar-refractivity contribution in [3.05, 3.63) is 95.6 Å². The van der Waals surface area contributed by atoms with Crippen molar-refractivity contribution in [1.29, 1.82) is 0 Å². The monoisotopic (exact) mass is 346 g/mol. The maximum absolute atomic E-state index is 11.1. The van der Waals surface area contributed by atoms with Gasteiger partial charge in [0, 0.05) is 11.1 Å². The summed E-state index contributed by atoms with van der Waals surface area (Å²) in [6, 6.07) is 23.9. The highest BCUT2D eigenvalue weighted by atomic mass is 16.5. The number of hydrazone groups is 1. The van der Waals surface area contributed by atoms with Crippen molar-refractivity contribution < 1.29 is 14.6 Å². The van der Waals surface area contributed by atoms with Gasteiger partial charge in [-0.25, -0.2) is 4.79 Å². The van der Waals surface area contributed by atoms with Crippen LogP contribution in [0.1, 0.15) is 21.5 Å². The summed E-state index contributed by atoms with van der Waals surface area (Å²) in [6.07, 6.45) is 0. The van der Waals surface area contributed by atoms with Crippen LogP contribution in [-0.4, -0.2) is 23.9 Å². The van der Waals surface area contributed by atoms with Gasteiger partial charge in [0.05, 0.1) is 24.1 Å². The molecule has 0 radical (unpaired) electrons. The molecule has 0 saturated heterocycles. The first-order valence-corrected chi connectivity index (χ1v) is 8.04. The molecule has 3 aromatic rings. The molecule has 0 aliphatic carbocycles. The Morgan fingerprint density at radius 2 is 1.54 bits per heavy atom. The lowest BCUT2D eigenvalue weighted by Gasteiger charge is -2.10. The molecule has 0 bridgehead atoms. The van der Waals surface area contributed by atoms with Crippen molar-refractivity contribution >= 4 is 17.4 Å². The van der Waals surface area contributed by atoms with Crippen molar-refractivity contribution in [3.8, 4) is 5.75 Å². The SMILES string of the molecule is COc1ccc(C(=NNc2cccc(C(=O)O)c2)c2ccccc2)cc1. The average molecular weight is 346 g/mol. The Morgan fingerprint density at radius 1 is 0.885 bits per heavy atom. The van der Waals surface area contributed by atoms with E-state index in [1.807, 2.05) is 54.6 Å². The number of carbonyl (C=O) groups is 1. The maximum Gasteiger partial charge on any atom is 0.335 e. The van der Waals surface area contributed by atoms with Crippen LogP contribution in [0, 0.1) is 0 Å². The fraction of sp³-hybridized carbons (Fsp3) is 0.0476. The number of nitrogens with zero attached hydrogens (tertiary/aromatic N) is 1. The zero-order chi connectivity index (χ0) is 18.4. The van der Waals surface area contributed by atoms with Gasteiger partial charge in [0.15, 0.2) is 0 Å². The number of hydrogen-bond acceptors (Lipinski definition) is 4. The summed E-state index contributed by atoms with van der Waals surface area (Å²) >= 11 is 0. The molecule has 0 fully saturated rings. The van der Waals surface area contributed by atoms with Crippen LogP contribution < -0.4 is 10.2 Å². The summed E-state index contributed by atoms with van der Waals surface area (Å²) < 4.78 is 5.21. The number of rotatable bonds is 6. The van der Waals surface area contributed by atoms with Gasteiger partial charge in [-0.1, -0.05) is 36.4 Å². The minimum absolute atomic E-state index is 0.205. The van der Waals surface area contributed by atoms with Gasteiger partial charge in [0.25, 0.3) is 0 Å². The Kier molecular flexibility index (Phi) is 5.29. The highest BCUT2D eigenvalue weighted by molar-refractivity contribution is 6.13. The molecular formula is C21H18N2O3. The Morgan fingerprint density at radius 3 is 2.19 bits per heavy atom. The van der Waals surface area contributed by atoms with E-state index in [0.29, 0.717) is 5.69 Å². The summed E-state index contributed by atoms with van der Waals surface area (Å²) in [5, 5.41) is 13.6. The normalized spacial score (nSPS) is 11.0. The van der Waals surface area contributed by atoms with E-state index in [0.717, 1.165) is 22.6 Å². The standard InChI is InChI=1S/C21H18N2O3/c1-26-19-12-10-16(11-13-19)20(15-6-3-2-4-7-15)23-22-18-9-5-8-17(14-18)21(24)25/h2-14,22H,1H3,(H,24,25). The van der Waals surface area contributed by atoms with E-state index in [-0.39, 0.29) is 5.56 Å². The molecule has 3 rings (SSSR count). The van der Waals surface area contributed by atoms with Gasteiger partial charge < -0.3 is 9.84 Å². The van der Waals surface area contributed by atoms with Crippen molar-refractivity contribution in [3.63, 3.8) is 0 Å². The lowest BCUT2D eigenvalue weighted by molar-refractivity contribution is 0.0697. The number of carboxylic acids is 1. The first kappa shape index (κ1) is 17.2. The lowest BCUT2D eigenvalue weighted by Crippen LogP contribution is -2.07. The van der Waals surface area contributed by atoms with Crippen LogP contribution in [-0.2, 0) is 0 Å². The van der Waals surface area contributed by atoms with Gasteiger partial charge in [0.2, 0.25) is 0 Å². The average Bonchev–Trinajstić information content (AvgIpc) is 2.69. The maximum atomic E-state index is 11.1. The largest absolute Gasteiger partial charge is 0.497 e. The van der Waals surface area contributed by atoms with Crippen LogP contribution >= 0.6 is 0 Å². The Bertz CT molecular complexity index is 920. The third kappa shape index (κ3) is 4.08. The summed E-state index contributed by atoms with van der Waals surface area (Å²) in [7, 11) is 1.62. The minimum Gasteiger partial charge on any atom is -0.497 e. The van der Waals surface area contributed by atoms with Gasteiger partial charge in [-0.15, -0.1) is 0 Å². The number of ether oxygens (including phenoxy) is 1. The fourth-order valence-electron chi connectivity index (χ4n) is 2.48. The highest BCUT2D eigenvalue weighted by Crippen LogP contribution is 2.17. The summed E-state index contributed by atoms with van der Waals surface area (Å²) in [6.45, 7) is 0. The third-order valence-corrected chi connectivity index (χ3v) is 3.82. The van der Waals surface area contributed by atoms with Gasteiger partial charge in [-0.3, -0.25) is 5.43 Å². The van der Waals surface area contributed by atoms with Crippen LogP contribution in [0.5, 0.6) is 5.75 Å². The van der Waals surface area contributed by atoms with E-state index >= 15 is 0 Å². The van der Waals surface area contributed by atoms with E-state index in [9.17, 15) is 4.79 Å². The molecule has 0 saturated carbocycles. The predicted molar refractivity (Wildman–Crippen MR) is 102 cm³/mol. The molecule has 26 heavy (non-hydrogen) atoms. The summed E-state index contributed by atoms with van der Waals surface area (Å²) in [4.78, 5) is 11.1. The molecule has 5 nitrogen and oxygen atoms in total. The van der Waals surface area contributed by atoms with E-state index in [2.05, 4.69) is 10.5 Å². The van der Waals surface area contributed by atoms with Crippen LogP contribution in [0.3, 0.4) is 0 Å². The van der Waals surface area contributed by atoms with Gasteiger partial charge >= 0.3 is 5.97 Å². The quantitative estimate of drug-likeness (QED) is 0.517. The summed E-state index contributed by atoms with van der Waals surface area (Å²) in [5.74, 6) is -0.209. The number of carboxylic acid groups (broad SMARTS) is 1. The number of methoxy groups -OCH3 is 1. The Labute approximate surface area is 151 Å². The van der Waals surface area contributed by atoms with Crippen molar-refractivity contribution in [1.82, 2.24) is 0 Å². The number of aromatic carboxylic acids is 1. The van der Waals surface area contributed by atoms with E-state index in [1.165, 1.54) is 0 Å². The Balaban J connectivity index is 1.96. The van der Waals surface area contributed by atoms with Gasteiger partial charge in [-0.05, 0) is 42.5 Å². The summed E-state index contributed by atoms with van der Waals surface area (Å²) in [5.41, 5.74) is 6.37. The molecule has 130 valence electrons. The topological polar surface area (TPSA) is 70.9 Å². The lowest BCUT2D eigenvalue weighted by atomic mass is 10.0. The molecule has 0 heterocycles. The second-order valence-corrected chi connectivity index (χ2v) is 5.55. The molecule has 0 atom stereocenters. The van der Waals surface area contributed by atoms with Crippen LogP contribution in [0.25, 0.3) is 0 Å². The molecule has 0 aliphatic rings. The number of benzene rings is 3. The fourth-order valence-corrected chi connectivity index (χ4v) is 2.48. The smallest absolute Gasteiger partial charge is 0.335 e. The molecule has 2 N–H and O–H groups in total. The molecular weight excluding hydrogens is 328 g/mol. The van der Waals surface area contributed by atoms with Crippen LogP contribution in [0.4, 0.5) is 5.69 Å². The highest BCUT2D eigenvalue weighted by Gasteiger charge is 2.08. The van der Waals surface area contributed by atoms with Gasteiger partial charge in [0.1, 0.15) is 5.75 Å². The molecule has 0 unspecified atom stereocenters. The predicted octanol–water partition coefficient (Wildman–Crippen LogP) is 4.26. The zero-order valence-electron chi connectivity index (χ0n) is 14.2. The van der Waals surface area contributed by atoms with E-state index in [1.54, 1.807) is 31.4 Å². The third-order valence-electron chi connectivity index (χ3n) is 3.82. The minimum atomic E-state index is -0.976. The molecule has 5 heteroatoms. The molecule has 0 spiro atoms. The Hall–Kier alpha value is -3.60. The second-order valence-electron chi connectivity index (χ2n) is 5.55. The van der Waals surface area contributed by atoms with Crippen LogP contribution in [0.15, 0.2) is 84.0 Å². The molecule has 0 aliphatic heterocycles. The molecule has 0 amide bonds. The van der Waals surface area contributed by atoms with Crippen molar-refractivity contribution in [2.45, 2.75) is 0 Å². The zero-order valence-corrected chi connectivity index (χ0v) is 14.2. The number of anilines is 1. The molecule has 0 aromatic heterocycles. The van der Waals surface area contributed by atoms with Gasteiger partial charge in [-0.2, -0.15) is 5.10 Å². The van der Waals surface area contributed by atoms with E-state index < -0.39 is 5.97 Å². The number of nitrogens with one attached hydrogen (secondary N) is 1. The van der Waals surface area contributed by atoms with Crippen molar-refractivity contribution in [2.75, 3.05) is 12.5 Å². The first-order valence-electron chi connectivity index (χ1n) is 8.04.